The summed E-state index contributed by atoms with van der Waals surface area (Å²) < 4.78 is 5.08. The van der Waals surface area contributed by atoms with E-state index in [-0.39, 0.29) is 6.61 Å². The second-order valence-corrected chi connectivity index (χ2v) is 4.80. The molecule has 1 aliphatic rings. The molecule has 0 aliphatic carbocycles. The molecular weight excluding hydrogens is 224 g/mol. The van der Waals surface area contributed by atoms with Crippen LogP contribution in [0.25, 0.3) is 0 Å². The zero-order valence-corrected chi connectivity index (χ0v) is 10.3. The van der Waals surface area contributed by atoms with E-state index in [0.717, 1.165) is 0 Å². The van der Waals surface area contributed by atoms with E-state index in [1.807, 2.05) is 6.92 Å². The first-order chi connectivity index (χ1) is 7.84. The number of hydrogen-bond donors (Lipinski definition) is 3. The van der Waals surface area contributed by atoms with Gasteiger partial charge in [-0.25, -0.2) is 4.79 Å². The largest absolute Gasteiger partial charge is 0.480 e. The van der Waals surface area contributed by atoms with Gasteiger partial charge in [0.1, 0.15) is 11.1 Å². The Kier molecular flexibility index (Phi) is 4.11. The Bertz CT molecular complexity index is 313. The predicted molar refractivity (Wildman–Crippen MR) is 61.4 cm³/mol. The molecule has 1 amide bonds. The quantitative estimate of drug-likeness (QED) is 0.625. The number of aliphatic carboxylic acids is 1. The molecule has 98 valence electrons. The van der Waals surface area contributed by atoms with E-state index in [9.17, 15) is 9.59 Å². The Labute approximate surface area is 101 Å². The topological polar surface area (TPSA) is 102 Å². The van der Waals surface area contributed by atoms with Crippen LogP contribution in [-0.4, -0.2) is 41.3 Å². The maximum atomic E-state index is 12.0. The standard InChI is InChI=1S/C11H20N2O4/c1-3-4-10(2,9(15)16)13-8(14)11(12)5-6-17-7-11/h3-7,12H2,1-2H3,(H,13,14)(H,15,16). The molecule has 6 heteroatoms. The Morgan fingerprint density at radius 2 is 2.24 bits per heavy atom. The number of hydrogen-bond acceptors (Lipinski definition) is 4. The molecule has 0 aromatic carbocycles. The van der Waals surface area contributed by atoms with Crippen molar-refractivity contribution in [2.45, 2.75) is 44.2 Å². The Balaban J connectivity index is 2.74. The number of carbonyl (C=O) groups excluding carboxylic acids is 1. The highest BCUT2D eigenvalue weighted by Crippen LogP contribution is 2.19. The molecule has 2 unspecified atom stereocenters. The number of nitrogens with one attached hydrogen (secondary N) is 1. The molecule has 6 nitrogen and oxygen atoms in total. The third kappa shape index (κ3) is 2.95. The summed E-state index contributed by atoms with van der Waals surface area (Å²) in [6.07, 6.45) is 1.45. The van der Waals surface area contributed by atoms with Crippen LogP contribution in [-0.2, 0) is 14.3 Å². The van der Waals surface area contributed by atoms with Gasteiger partial charge in [-0.05, 0) is 19.8 Å². The van der Waals surface area contributed by atoms with Gasteiger partial charge in [0.25, 0.3) is 0 Å². The van der Waals surface area contributed by atoms with Crippen LogP contribution < -0.4 is 11.1 Å². The SMILES string of the molecule is CCCC(C)(NC(=O)C1(N)CCOC1)C(=O)O. The molecule has 1 aliphatic heterocycles. The number of amides is 1. The van der Waals surface area contributed by atoms with E-state index < -0.39 is 23.0 Å². The molecule has 1 rings (SSSR count). The van der Waals surface area contributed by atoms with Gasteiger partial charge in [0.2, 0.25) is 5.91 Å². The number of rotatable bonds is 5. The van der Waals surface area contributed by atoms with Gasteiger partial charge in [0.05, 0.1) is 6.61 Å². The number of carbonyl (C=O) groups is 2. The average molecular weight is 244 g/mol. The molecule has 2 atom stereocenters. The minimum atomic E-state index is -1.26. The van der Waals surface area contributed by atoms with Gasteiger partial charge in [0, 0.05) is 6.61 Å². The minimum Gasteiger partial charge on any atom is -0.480 e. The molecule has 0 aromatic heterocycles. The fourth-order valence-electron chi connectivity index (χ4n) is 1.86. The van der Waals surface area contributed by atoms with Crippen LogP contribution in [0, 0.1) is 0 Å². The van der Waals surface area contributed by atoms with E-state index in [1.165, 1.54) is 6.92 Å². The number of ether oxygens (including phenoxy) is 1. The van der Waals surface area contributed by atoms with Crippen LogP contribution in [0.1, 0.15) is 33.1 Å². The van der Waals surface area contributed by atoms with Gasteiger partial charge in [-0.2, -0.15) is 0 Å². The first-order valence-electron chi connectivity index (χ1n) is 5.77. The van der Waals surface area contributed by atoms with Crippen LogP contribution in [0.5, 0.6) is 0 Å². The third-order valence-electron chi connectivity index (χ3n) is 3.12. The van der Waals surface area contributed by atoms with Crippen molar-refractivity contribution in [2.24, 2.45) is 5.73 Å². The minimum absolute atomic E-state index is 0.140. The highest BCUT2D eigenvalue weighted by molar-refractivity contribution is 5.92. The van der Waals surface area contributed by atoms with E-state index in [1.54, 1.807) is 0 Å². The second kappa shape index (κ2) is 5.01. The van der Waals surface area contributed by atoms with E-state index in [0.29, 0.717) is 25.9 Å². The third-order valence-corrected chi connectivity index (χ3v) is 3.12. The Morgan fingerprint density at radius 1 is 1.59 bits per heavy atom. The van der Waals surface area contributed by atoms with Gasteiger partial charge < -0.3 is 20.9 Å². The Morgan fingerprint density at radius 3 is 2.65 bits per heavy atom. The van der Waals surface area contributed by atoms with Crippen molar-refractivity contribution in [1.82, 2.24) is 5.32 Å². The normalized spacial score (nSPS) is 27.5. The predicted octanol–water partition coefficient (Wildman–Crippen LogP) is -0.136. The maximum Gasteiger partial charge on any atom is 0.329 e. The highest BCUT2D eigenvalue weighted by atomic mass is 16.5. The van der Waals surface area contributed by atoms with E-state index in [2.05, 4.69) is 5.32 Å². The number of nitrogens with two attached hydrogens (primary N) is 1. The zero-order chi connectivity index (χ0) is 13.1. The lowest BCUT2D eigenvalue weighted by molar-refractivity contribution is -0.148. The van der Waals surface area contributed by atoms with Crippen molar-refractivity contribution in [3.05, 3.63) is 0 Å². The van der Waals surface area contributed by atoms with Crippen molar-refractivity contribution in [3.63, 3.8) is 0 Å². The molecule has 0 spiro atoms. The van der Waals surface area contributed by atoms with Gasteiger partial charge in [0.15, 0.2) is 0 Å². The summed E-state index contributed by atoms with van der Waals surface area (Å²) in [5, 5.41) is 11.7. The molecule has 17 heavy (non-hydrogen) atoms. The van der Waals surface area contributed by atoms with Crippen molar-refractivity contribution in [3.8, 4) is 0 Å². The summed E-state index contributed by atoms with van der Waals surface area (Å²) in [4.78, 5) is 23.2. The summed E-state index contributed by atoms with van der Waals surface area (Å²) in [7, 11) is 0. The molecule has 1 fully saturated rings. The second-order valence-electron chi connectivity index (χ2n) is 4.80. The lowest BCUT2D eigenvalue weighted by atomic mass is 9.92. The first kappa shape index (κ1) is 13.9. The smallest absolute Gasteiger partial charge is 0.329 e. The monoisotopic (exact) mass is 244 g/mol. The summed E-state index contributed by atoms with van der Waals surface area (Å²) >= 11 is 0. The van der Waals surface area contributed by atoms with Crippen LogP contribution in [0.3, 0.4) is 0 Å². The number of carboxylic acid groups (broad SMARTS) is 1. The average Bonchev–Trinajstić information content (AvgIpc) is 2.66. The van der Waals surface area contributed by atoms with Crippen molar-refractivity contribution in [2.75, 3.05) is 13.2 Å². The van der Waals surface area contributed by atoms with Crippen LogP contribution in [0.4, 0.5) is 0 Å². The summed E-state index contributed by atoms with van der Waals surface area (Å²) in [6.45, 7) is 3.93. The van der Waals surface area contributed by atoms with Gasteiger partial charge in [-0.15, -0.1) is 0 Å². The van der Waals surface area contributed by atoms with E-state index >= 15 is 0 Å². The fraction of sp³-hybridized carbons (Fsp3) is 0.818. The fourth-order valence-corrected chi connectivity index (χ4v) is 1.86. The van der Waals surface area contributed by atoms with Crippen molar-refractivity contribution < 1.29 is 19.4 Å². The van der Waals surface area contributed by atoms with Crippen molar-refractivity contribution in [1.29, 1.82) is 0 Å². The molecule has 4 N–H and O–H groups in total. The molecule has 1 heterocycles. The number of carboxylic acids is 1. The molecule has 1 saturated heterocycles. The summed E-state index contributed by atoms with van der Waals surface area (Å²) in [5.74, 6) is -1.50. The molecular formula is C11H20N2O4. The Hall–Kier alpha value is -1.14. The summed E-state index contributed by atoms with van der Waals surface area (Å²) in [6, 6.07) is 0. The molecule has 0 bridgehead atoms. The van der Waals surface area contributed by atoms with E-state index in [4.69, 9.17) is 15.6 Å². The van der Waals surface area contributed by atoms with Crippen LogP contribution in [0.2, 0.25) is 0 Å². The van der Waals surface area contributed by atoms with Crippen molar-refractivity contribution >= 4 is 11.9 Å². The lowest BCUT2D eigenvalue weighted by Crippen LogP contribution is -2.62. The van der Waals surface area contributed by atoms with Crippen LogP contribution in [0.15, 0.2) is 0 Å². The van der Waals surface area contributed by atoms with Gasteiger partial charge in [-0.1, -0.05) is 13.3 Å². The van der Waals surface area contributed by atoms with Crippen LogP contribution >= 0.6 is 0 Å². The van der Waals surface area contributed by atoms with Gasteiger partial charge in [-0.3, -0.25) is 4.79 Å². The zero-order valence-electron chi connectivity index (χ0n) is 10.3. The highest BCUT2D eigenvalue weighted by Gasteiger charge is 2.43. The lowest BCUT2D eigenvalue weighted by Gasteiger charge is -2.30. The summed E-state index contributed by atoms with van der Waals surface area (Å²) in [5.41, 5.74) is 3.52. The molecule has 0 radical (unpaired) electrons. The first-order valence-corrected chi connectivity index (χ1v) is 5.77. The van der Waals surface area contributed by atoms with Gasteiger partial charge >= 0.3 is 5.97 Å². The molecule has 0 aromatic rings. The molecule has 0 saturated carbocycles. The maximum absolute atomic E-state index is 12.0.